The number of fused-ring (bicyclic) bond motifs is 1. The van der Waals surface area contributed by atoms with Gasteiger partial charge < -0.3 is 9.72 Å². The molecule has 1 aliphatic rings. The van der Waals surface area contributed by atoms with Crippen LogP contribution in [0.4, 0.5) is 0 Å². The van der Waals surface area contributed by atoms with Gasteiger partial charge in [-0.3, -0.25) is 9.69 Å². The largest absolute Gasteiger partial charge is 0.465 e. The van der Waals surface area contributed by atoms with Gasteiger partial charge in [0, 0.05) is 13.1 Å². The van der Waals surface area contributed by atoms with E-state index in [4.69, 9.17) is 4.74 Å². The molecule has 0 radical (unpaired) electrons. The summed E-state index contributed by atoms with van der Waals surface area (Å²) in [5, 5.41) is 0.490. The van der Waals surface area contributed by atoms with E-state index in [2.05, 4.69) is 28.7 Å². The fourth-order valence-electron chi connectivity index (χ4n) is 3.68. The van der Waals surface area contributed by atoms with Gasteiger partial charge in [0.05, 0.1) is 19.0 Å². The summed E-state index contributed by atoms with van der Waals surface area (Å²) >= 11 is 1.22. The summed E-state index contributed by atoms with van der Waals surface area (Å²) in [5.41, 5.74) is 0.458. The standard InChI is InChI=1S/C17H23N3O3S/c1-9-5-10(2)7-20(6-9)8-12-18-15(21)13-11(3)14(17(22)23-4)24-16(13)19-12/h9-10H,5-8H2,1-4H3,(H,18,19,21)/t9-,10+. The molecule has 6 nitrogen and oxygen atoms in total. The lowest BCUT2D eigenvalue weighted by molar-refractivity contribution is 0.0605. The van der Waals surface area contributed by atoms with E-state index in [0.29, 0.717) is 44.9 Å². The first kappa shape index (κ1) is 17.1. The number of H-pyrrole nitrogens is 1. The van der Waals surface area contributed by atoms with Crippen molar-refractivity contribution in [1.82, 2.24) is 14.9 Å². The summed E-state index contributed by atoms with van der Waals surface area (Å²) in [5.74, 6) is 1.54. The van der Waals surface area contributed by atoms with Gasteiger partial charge in [-0.1, -0.05) is 13.8 Å². The summed E-state index contributed by atoms with van der Waals surface area (Å²) in [4.78, 5) is 35.1. The Morgan fingerprint density at radius 1 is 1.38 bits per heavy atom. The number of nitrogens with one attached hydrogen (secondary N) is 1. The van der Waals surface area contributed by atoms with Gasteiger partial charge in [-0.15, -0.1) is 11.3 Å². The summed E-state index contributed by atoms with van der Waals surface area (Å²) in [6.07, 6.45) is 1.24. The van der Waals surface area contributed by atoms with Crippen LogP contribution in [0.5, 0.6) is 0 Å². The zero-order valence-corrected chi connectivity index (χ0v) is 15.3. The lowest BCUT2D eigenvalue weighted by Gasteiger charge is -2.34. The van der Waals surface area contributed by atoms with Gasteiger partial charge in [-0.2, -0.15) is 0 Å². The number of esters is 1. The van der Waals surface area contributed by atoms with Crippen LogP contribution in [0.3, 0.4) is 0 Å². The molecule has 1 saturated heterocycles. The van der Waals surface area contributed by atoms with Crippen molar-refractivity contribution >= 4 is 27.5 Å². The molecule has 130 valence electrons. The molecule has 0 unspecified atom stereocenters. The number of likely N-dealkylation sites (tertiary alicyclic amines) is 1. The van der Waals surface area contributed by atoms with E-state index in [1.54, 1.807) is 6.92 Å². The van der Waals surface area contributed by atoms with Crippen molar-refractivity contribution < 1.29 is 9.53 Å². The predicted octanol–water partition coefficient (Wildman–Crippen LogP) is 2.56. The molecule has 2 aromatic rings. The molecule has 0 bridgehead atoms. The molecule has 24 heavy (non-hydrogen) atoms. The third-order valence-electron chi connectivity index (χ3n) is 4.54. The molecule has 1 fully saturated rings. The van der Waals surface area contributed by atoms with Gasteiger partial charge >= 0.3 is 5.97 Å². The molecule has 3 rings (SSSR count). The van der Waals surface area contributed by atoms with Crippen molar-refractivity contribution in [2.75, 3.05) is 20.2 Å². The number of aromatic nitrogens is 2. The monoisotopic (exact) mass is 349 g/mol. The number of rotatable bonds is 3. The van der Waals surface area contributed by atoms with Crippen LogP contribution in [0.25, 0.3) is 10.2 Å². The number of piperidine rings is 1. The second kappa shape index (κ2) is 6.64. The van der Waals surface area contributed by atoms with E-state index < -0.39 is 5.97 Å². The van der Waals surface area contributed by atoms with Crippen molar-refractivity contribution in [1.29, 1.82) is 0 Å². The second-order valence-corrected chi connectivity index (χ2v) is 7.88. The van der Waals surface area contributed by atoms with Gasteiger partial charge in [-0.25, -0.2) is 9.78 Å². The number of hydrogen-bond donors (Lipinski definition) is 1. The lowest BCUT2D eigenvalue weighted by Crippen LogP contribution is -2.38. The summed E-state index contributed by atoms with van der Waals surface area (Å²) < 4.78 is 4.79. The highest BCUT2D eigenvalue weighted by molar-refractivity contribution is 7.20. The summed E-state index contributed by atoms with van der Waals surface area (Å²) in [7, 11) is 1.34. The molecular weight excluding hydrogens is 326 g/mol. The normalized spacial score (nSPS) is 22.0. The van der Waals surface area contributed by atoms with Crippen molar-refractivity contribution in [3.05, 3.63) is 26.6 Å². The van der Waals surface area contributed by atoms with E-state index in [-0.39, 0.29) is 5.56 Å². The van der Waals surface area contributed by atoms with Gasteiger partial charge in [0.25, 0.3) is 5.56 Å². The molecule has 3 heterocycles. The Balaban J connectivity index is 1.93. The Labute approximate surface area is 144 Å². The van der Waals surface area contributed by atoms with Crippen LogP contribution < -0.4 is 5.56 Å². The Morgan fingerprint density at radius 2 is 2.04 bits per heavy atom. The number of hydrogen-bond acceptors (Lipinski definition) is 6. The maximum absolute atomic E-state index is 12.5. The average Bonchev–Trinajstić information content (AvgIpc) is 2.82. The fraction of sp³-hybridized carbons (Fsp3) is 0.588. The molecule has 1 aliphatic heterocycles. The third kappa shape index (κ3) is 3.23. The maximum Gasteiger partial charge on any atom is 0.348 e. The highest BCUT2D eigenvalue weighted by atomic mass is 32.1. The van der Waals surface area contributed by atoms with Crippen LogP contribution in [-0.2, 0) is 11.3 Å². The summed E-state index contributed by atoms with van der Waals surface area (Å²) in [6.45, 7) is 8.94. The molecule has 0 aliphatic carbocycles. The van der Waals surface area contributed by atoms with E-state index in [0.717, 1.165) is 13.1 Å². The minimum atomic E-state index is -0.421. The lowest BCUT2D eigenvalue weighted by atomic mass is 9.92. The van der Waals surface area contributed by atoms with Crippen molar-refractivity contribution in [2.24, 2.45) is 11.8 Å². The fourth-order valence-corrected chi connectivity index (χ4v) is 4.80. The summed E-state index contributed by atoms with van der Waals surface area (Å²) in [6, 6.07) is 0. The first-order valence-electron chi connectivity index (χ1n) is 8.22. The quantitative estimate of drug-likeness (QED) is 0.862. The minimum absolute atomic E-state index is 0.183. The number of thiophene rings is 1. The van der Waals surface area contributed by atoms with Crippen LogP contribution in [0.2, 0.25) is 0 Å². The van der Waals surface area contributed by atoms with Gasteiger partial charge in [0.1, 0.15) is 15.5 Å². The van der Waals surface area contributed by atoms with Crippen molar-refractivity contribution in [3.8, 4) is 0 Å². The third-order valence-corrected chi connectivity index (χ3v) is 5.70. The number of nitrogens with zero attached hydrogens (tertiary/aromatic N) is 2. The molecule has 0 aromatic carbocycles. The van der Waals surface area contributed by atoms with Crippen LogP contribution in [0, 0.1) is 18.8 Å². The number of aromatic amines is 1. The minimum Gasteiger partial charge on any atom is -0.465 e. The zero-order valence-electron chi connectivity index (χ0n) is 14.5. The molecule has 1 N–H and O–H groups in total. The van der Waals surface area contributed by atoms with Crippen LogP contribution >= 0.6 is 11.3 Å². The topological polar surface area (TPSA) is 75.3 Å². The van der Waals surface area contributed by atoms with Gasteiger partial charge in [0.15, 0.2) is 0 Å². The van der Waals surface area contributed by atoms with Crippen molar-refractivity contribution in [2.45, 2.75) is 33.7 Å². The molecular formula is C17H23N3O3S. The van der Waals surface area contributed by atoms with Gasteiger partial charge in [0.2, 0.25) is 0 Å². The van der Waals surface area contributed by atoms with Crippen LogP contribution in [-0.4, -0.2) is 41.0 Å². The first-order chi connectivity index (χ1) is 11.4. The molecule has 0 amide bonds. The van der Waals surface area contributed by atoms with E-state index in [1.165, 1.54) is 24.9 Å². The SMILES string of the molecule is COC(=O)c1sc2nc(CN3C[C@H](C)C[C@H](C)C3)[nH]c(=O)c2c1C. The first-order valence-corrected chi connectivity index (χ1v) is 9.03. The number of methoxy groups -OCH3 is 1. The Morgan fingerprint density at radius 3 is 2.67 bits per heavy atom. The number of ether oxygens (including phenoxy) is 1. The number of carbonyl (C=O) groups excluding carboxylic acids is 1. The Bertz CT molecular complexity index is 816. The Hall–Kier alpha value is -1.73. The van der Waals surface area contributed by atoms with Crippen LogP contribution in [0.15, 0.2) is 4.79 Å². The zero-order chi connectivity index (χ0) is 17.4. The van der Waals surface area contributed by atoms with Crippen molar-refractivity contribution in [3.63, 3.8) is 0 Å². The number of carbonyl (C=O) groups is 1. The van der Waals surface area contributed by atoms with E-state index in [9.17, 15) is 9.59 Å². The predicted molar refractivity (Wildman–Crippen MR) is 94.5 cm³/mol. The second-order valence-electron chi connectivity index (χ2n) is 6.88. The van der Waals surface area contributed by atoms with E-state index >= 15 is 0 Å². The molecule has 0 saturated carbocycles. The number of aryl methyl sites for hydroxylation is 1. The van der Waals surface area contributed by atoms with Gasteiger partial charge in [-0.05, 0) is 30.7 Å². The van der Waals surface area contributed by atoms with Crippen LogP contribution in [0.1, 0.15) is 41.3 Å². The molecule has 2 aromatic heterocycles. The highest BCUT2D eigenvalue weighted by Crippen LogP contribution is 2.28. The smallest absolute Gasteiger partial charge is 0.348 e. The molecule has 0 spiro atoms. The molecule has 7 heteroatoms. The van der Waals surface area contributed by atoms with E-state index in [1.807, 2.05) is 0 Å². The average molecular weight is 349 g/mol. The Kier molecular flexibility index (Phi) is 4.73. The highest BCUT2D eigenvalue weighted by Gasteiger charge is 2.24. The molecule has 2 atom stereocenters. The maximum atomic E-state index is 12.5.